The molecule has 7 nitrogen and oxygen atoms in total. The lowest BCUT2D eigenvalue weighted by atomic mass is 10.2. The van der Waals surface area contributed by atoms with Crippen LogP contribution in [-0.2, 0) is 0 Å². The van der Waals surface area contributed by atoms with E-state index in [-0.39, 0.29) is 11.8 Å². The minimum atomic E-state index is -0.172. The second-order valence-corrected chi connectivity index (χ2v) is 8.73. The van der Waals surface area contributed by atoms with E-state index in [2.05, 4.69) is 5.10 Å². The van der Waals surface area contributed by atoms with E-state index in [4.69, 9.17) is 16.0 Å². The van der Waals surface area contributed by atoms with E-state index in [0.29, 0.717) is 48.3 Å². The number of piperazine rings is 1. The first-order valence-corrected chi connectivity index (χ1v) is 11.4. The molecule has 32 heavy (non-hydrogen) atoms. The highest BCUT2D eigenvalue weighted by molar-refractivity contribution is 7.12. The summed E-state index contributed by atoms with van der Waals surface area (Å²) in [5.74, 6) is 0.450. The molecule has 3 aromatic heterocycles. The standard InChI is InChI=1S/C23H19ClN4O3S/c24-16-5-7-17(8-6-16)28-19(20-3-1-13-31-20)15-18(25-28)22(29)26-9-11-27(12-10-26)23(30)21-4-2-14-32-21/h1-8,13-15H,9-12H2. The third-order valence-electron chi connectivity index (χ3n) is 5.36. The molecule has 0 N–H and O–H groups in total. The van der Waals surface area contributed by atoms with Crippen LogP contribution in [0.2, 0.25) is 5.02 Å². The van der Waals surface area contributed by atoms with Crippen LogP contribution in [0.4, 0.5) is 0 Å². The van der Waals surface area contributed by atoms with Gasteiger partial charge in [0.1, 0.15) is 5.69 Å². The number of thiophene rings is 1. The van der Waals surface area contributed by atoms with Crippen LogP contribution in [0.5, 0.6) is 0 Å². The Hall–Kier alpha value is -3.36. The molecule has 1 aliphatic rings. The fourth-order valence-corrected chi connectivity index (χ4v) is 4.51. The summed E-state index contributed by atoms with van der Waals surface area (Å²) < 4.78 is 7.24. The van der Waals surface area contributed by atoms with E-state index < -0.39 is 0 Å². The third kappa shape index (κ3) is 3.94. The van der Waals surface area contributed by atoms with Crippen LogP contribution < -0.4 is 0 Å². The monoisotopic (exact) mass is 466 g/mol. The average Bonchev–Trinajstić information content (AvgIpc) is 3.60. The molecule has 4 heterocycles. The maximum atomic E-state index is 13.2. The van der Waals surface area contributed by atoms with E-state index >= 15 is 0 Å². The van der Waals surface area contributed by atoms with Crippen molar-refractivity contribution in [1.82, 2.24) is 19.6 Å². The number of hydrogen-bond donors (Lipinski definition) is 0. The van der Waals surface area contributed by atoms with Crippen molar-refractivity contribution in [2.45, 2.75) is 0 Å². The maximum absolute atomic E-state index is 13.2. The van der Waals surface area contributed by atoms with Gasteiger partial charge in [0.15, 0.2) is 11.5 Å². The van der Waals surface area contributed by atoms with E-state index in [1.54, 1.807) is 45.0 Å². The molecule has 0 saturated carbocycles. The molecule has 0 aliphatic carbocycles. The Morgan fingerprint density at radius 2 is 1.66 bits per heavy atom. The number of halogens is 1. The van der Waals surface area contributed by atoms with Crippen molar-refractivity contribution in [2.75, 3.05) is 26.2 Å². The minimum absolute atomic E-state index is 0.0132. The van der Waals surface area contributed by atoms with Gasteiger partial charge in [-0.15, -0.1) is 11.3 Å². The molecular formula is C23H19ClN4O3S. The van der Waals surface area contributed by atoms with Crippen molar-refractivity contribution in [2.24, 2.45) is 0 Å². The smallest absolute Gasteiger partial charge is 0.274 e. The van der Waals surface area contributed by atoms with E-state index in [1.807, 2.05) is 35.7 Å². The molecule has 0 bridgehead atoms. The molecule has 1 fully saturated rings. The van der Waals surface area contributed by atoms with Crippen molar-refractivity contribution in [3.8, 4) is 17.1 Å². The van der Waals surface area contributed by atoms with Crippen LogP contribution in [0.25, 0.3) is 17.1 Å². The first kappa shape index (κ1) is 20.5. The number of amides is 2. The summed E-state index contributed by atoms with van der Waals surface area (Å²) in [6.45, 7) is 1.90. The van der Waals surface area contributed by atoms with Gasteiger partial charge < -0.3 is 14.2 Å². The molecule has 2 amide bonds. The average molecular weight is 467 g/mol. The molecular weight excluding hydrogens is 448 g/mol. The number of aromatic nitrogens is 2. The highest BCUT2D eigenvalue weighted by Gasteiger charge is 2.28. The summed E-state index contributed by atoms with van der Waals surface area (Å²) in [5.41, 5.74) is 1.77. The van der Waals surface area contributed by atoms with Gasteiger partial charge in [-0.1, -0.05) is 17.7 Å². The first-order chi connectivity index (χ1) is 15.6. The van der Waals surface area contributed by atoms with Crippen molar-refractivity contribution < 1.29 is 14.0 Å². The van der Waals surface area contributed by atoms with Gasteiger partial charge in [-0.2, -0.15) is 5.10 Å². The molecule has 0 atom stereocenters. The fourth-order valence-electron chi connectivity index (χ4n) is 3.70. The topological polar surface area (TPSA) is 71.6 Å². The second-order valence-electron chi connectivity index (χ2n) is 7.34. The van der Waals surface area contributed by atoms with Gasteiger partial charge in [-0.3, -0.25) is 9.59 Å². The minimum Gasteiger partial charge on any atom is -0.463 e. The molecule has 0 unspecified atom stereocenters. The zero-order valence-electron chi connectivity index (χ0n) is 17.0. The van der Waals surface area contributed by atoms with E-state index in [9.17, 15) is 9.59 Å². The maximum Gasteiger partial charge on any atom is 0.274 e. The Kier molecular flexibility index (Phi) is 5.55. The van der Waals surface area contributed by atoms with Crippen LogP contribution in [0.15, 0.2) is 70.7 Å². The fraction of sp³-hybridized carbons (Fsp3) is 0.174. The van der Waals surface area contributed by atoms with Gasteiger partial charge in [0, 0.05) is 37.3 Å². The van der Waals surface area contributed by atoms with Gasteiger partial charge in [0.2, 0.25) is 0 Å². The Labute approximate surface area is 193 Å². The summed E-state index contributed by atoms with van der Waals surface area (Å²) >= 11 is 7.45. The first-order valence-electron chi connectivity index (χ1n) is 10.1. The summed E-state index contributed by atoms with van der Waals surface area (Å²) in [4.78, 5) is 30.0. The van der Waals surface area contributed by atoms with Crippen LogP contribution in [0, 0.1) is 0 Å². The Morgan fingerprint density at radius 3 is 2.28 bits per heavy atom. The largest absolute Gasteiger partial charge is 0.463 e. The van der Waals surface area contributed by atoms with Crippen LogP contribution in [0.1, 0.15) is 20.2 Å². The van der Waals surface area contributed by atoms with Crippen LogP contribution in [0.3, 0.4) is 0 Å². The number of benzene rings is 1. The number of nitrogens with zero attached hydrogens (tertiary/aromatic N) is 4. The van der Waals surface area contributed by atoms with Crippen molar-refractivity contribution >= 4 is 34.8 Å². The number of carbonyl (C=O) groups is 2. The lowest BCUT2D eigenvalue weighted by Gasteiger charge is -2.34. The predicted octanol–water partition coefficient (Wildman–Crippen LogP) is 4.45. The Balaban J connectivity index is 1.37. The molecule has 0 spiro atoms. The summed E-state index contributed by atoms with van der Waals surface area (Å²) in [7, 11) is 0. The zero-order valence-corrected chi connectivity index (χ0v) is 18.6. The third-order valence-corrected chi connectivity index (χ3v) is 6.47. The molecule has 1 aromatic carbocycles. The summed E-state index contributed by atoms with van der Waals surface area (Å²) in [6, 6.07) is 16.3. The van der Waals surface area contributed by atoms with E-state index in [1.165, 1.54) is 11.3 Å². The number of rotatable bonds is 4. The van der Waals surface area contributed by atoms with Crippen molar-refractivity contribution in [1.29, 1.82) is 0 Å². The van der Waals surface area contributed by atoms with Crippen LogP contribution in [-0.4, -0.2) is 57.6 Å². The summed E-state index contributed by atoms with van der Waals surface area (Å²) in [5, 5.41) is 7.09. The van der Waals surface area contributed by atoms with Gasteiger partial charge in [0.25, 0.3) is 11.8 Å². The highest BCUT2D eigenvalue weighted by atomic mass is 35.5. The predicted molar refractivity (Wildman–Crippen MR) is 122 cm³/mol. The molecule has 1 saturated heterocycles. The Morgan fingerprint density at radius 1 is 0.938 bits per heavy atom. The molecule has 1 aliphatic heterocycles. The molecule has 5 rings (SSSR count). The number of hydrogen-bond acceptors (Lipinski definition) is 5. The molecule has 162 valence electrons. The SMILES string of the molecule is O=C(c1cc(-c2ccco2)n(-c2ccc(Cl)cc2)n1)N1CCN(C(=O)c2cccs2)CC1. The lowest BCUT2D eigenvalue weighted by Crippen LogP contribution is -2.50. The van der Waals surface area contributed by atoms with Gasteiger partial charge >= 0.3 is 0 Å². The quantitative estimate of drug-likeness (QED) is 0.445. The Bertz CT molecular complexity index is 1230. The number of carbonyl (C=O) groups excluding carboxylic acids is 2. The van der Waals surface area contributed by atoms with Crippen LogP contribution >= 0.6 is 22.9 Å². The van der Waals surface area contributed by atoms with Crippen molar-refractivity contribution in [3.05, 3.63) is 81.8 Å². The van der Waals surface area contributed by atoms with E-state index in [0.717, 1.165) is 10.6 Å². The summed E-state index contributed by atoms with van der Waals surface area (Å²) in [6.07, 6.45) is 1.58. The molecule has 9 heteroatoms. The lowest BCUT2D eigenvalue weighted by molar-refractivity contribution is 0.0534. The molecule has 0 radical (unpaired) electrons. The normalized spacial score (nSPS) is 14.0. The molecule has 4 aromatic rings. The highest BCUT2D eigenvalue weighted by Crippen LogP contribution is 2.26. The second kappa shape index (κ2) is 8.64. The van der Waals surface area contributed by atoms with Crippen molar-refractivity contribution in [3.63, 3.8) is 0 Å². The van der Waals surface area contributed by atoms with Gasteiger partial charge in [-0.05, 0) is 47.8 Å². The number of furan rings is 1. The van der Waals surface area contributed by atoms with Gasteiger partial charge in [-0.25, -0.2) is 4.68 Å². The van der Waals surface area contributed by atoms with Gasteiger partial charge in [0.05, 0.1) is 16.8 Å². The zero-order chi connectivity index (χ0) is 22.1.